The van der Waals surface area contributed by atoms with Crippen molar-refractivity contribution < 1.29 is 9.47 Å². The molecule has 0 N–H and O–H groups in total. The van der Waals surface area contributed by atoms with E-state index in [-0.39, 0.29) is 30.3 Å². The number of piperazine rings is 3. The summed E-state index contributed by atoms with van der Waals surface area (Å²) in [5.41, 5.74) is 14.1. The van der Waals surface area contributed by atoms with Gasteiger partial charge < -0.3 is 24.2 Å². The molecule has 0 aliphatic carbocycles. The van der Waals surface area contributed by atoms with Crippen LogP contribution in [0.3, 0.4) is 0 Å². The fraction of sp³-hybridized carbons (Fsp3) is 0.303. The topological polar surface area (TPSA) is 50.8 Å². The van der Waals surface area contributed by atoms with Crippen LogP contribution in [-0.2, 0) is 15.9 Å². The first-order valence-electron chi connectivity index (χ1n) is 31.3. The van der Waals surface area contributed by atoms with Gasteiger partial charge in [-0.1, -0.05) is 191 Å². The van der Waals surface area contributed by atoms with Crippen LogP contribution in [0.2, 0.25) is 30.1 Å². The van der Waals surface area contributed by atoms with E-state index in [9.17, 15) is 0 Å². The third-order valence-corrected chi connectivity index (χ3v) is 19.2. The van der Waals surface area contributed by atoms with Gasteiger partial charge in [-0.05, 0) is 150 Å². The second-order valence-corrected chi connectivity index (χ2v) is 26.3. The maximum Gasteiger partial charge on any atom is 0.0947 e. The first-order chi connectivity index (χ1) is 44.2. The van der Waals surface area contributed by atoms with E-state index in [2.05, 4.69) is 189 Å². The van der Waals surface area contributed by atoms with Gasteiger partial charge in [-0.3, -0.25) is 19.7 Å². The SMILES string of the molecule is CO[C@@H](CN1CCN(c2ccc(C)cc2Cl)[C@H](c2ccc(Cl)cc2)C1)c1ccccc1.CO[C@H](CN1CCN(c2ccc(C)cc2Cl)[C@H](c2ccc(Cl)cc2)C1)c1ccccc1.Cc1ccc(N2CCN(CCc3ccccn3)C[C@H]2c2ccc(Cl)cc2)c(Cl)c1. The molecule has 1 aromatic heterocycles. The molecular formula is C76H81Cl6N7O2. The number of hydrogen-bond acceptors (Lipinski definition) is 9. The summed E-state index contributed by atoms with van der Waals surface area (Å²) in [6, 6.07) is 71.0. The molecule has 9 nitrogen and oxygen atoms in total. The first kappa shape index (κ1) is 67.7. The van der Waals surface area contributed by atoms with Crippen molar-refractivity contribution in [1.82, 2.24) is 19.7 Å². The Morgan fingerprint density at radius 2 is 0.736 bits per heavy atom. The van der Waals surface area contributed by atoms with E-state index in [1.807, 2.05) is 79.0 Å². The van der Waals surface area contributed by atoms with Crippen LogP contribution in [0, 0.1) is 20.8 Å². The highest BCUT2D eigenvalue weighted by atomic mass is 35.5. The fourth-order valence-electron chi connectivity index (χ4n) is 12.6. The molecule has 8 aromatic carbocycles. The first-order valence-corrected chi connectivity index (χ1v) is 33.5. The normalized spacial score (nSPS) is 18.0. The van der Waals surface area contributed by atoms with Crippen molar-refractivity contribution in [3.8, 4) is 0 Å². The Balaban J connectivity index is 0.000000150. The zero-order chi connectivity index (χ0) is 63.8. The van der Waals surface area contributed by atoms with E-state index in [0.717, 1.165) is 138 Å². The second kappa shape index (κ2) is 33.1. The molecule has 0 spiro atoms. The van der Waals surface area contributed by atoms with E-state index in [0.29, 0.717) is 0 Å². The lowest BCUT2D eigenvalue weighted by Crippen LogP contribution is -2.49. The third-order valence-electron chi connectivity index (χ3n) is 17.6. The molecule has 3 saturated heterocycles. The lowest BCUT2D eigenvalue weighted by atomic mass is 10.00. The monoisotopic (exact) mass is 1330 g/mol. The van der Waals surface area contributed by atoms with E-state index >= 15 is 0 Å². The van der Waals surface area contributed by atoms with Crippen LogP contribution in [0.25, 0.3) is 0 Å². The number of halogens is 6. The highest BCUT2D eigenvalue weighted by molar-refractivity contribution is 6.34. The molecule has 0 radical (unpaired) electrons. The van der Waals surface area contributed by atoms with Gasteiger partial charge in [0.1, 0.15) is 0 Å². The molecule has 3 aliphatic heterocycles. The number of pyridine rings is 1. The Morgan fingerprint density at radius 1 is 0.396 bits per heavy atom. The Kier molecular flexibility index (Phi) is 24.6. The zero-order valence-electron chi connectivity index (χ0n) is 52.5. The van der Waals surface area contributed by atoms with Crippen LogP contribution in [-0.4, -0.2) is 112 Å². The molecule has 9 aromatic rings. The van der Waals surface area contributed by atoms with Gasteiger partial charge in [0.25, 0.3) is 0 Å². The standard InChI is InChI=1S/2C26H28Cl2N2O.C24H25Cl2N3/c2*1-19-8-13-24(23(28)16-19)30-15-14-29(17-25(30)20-9-11-22(27)12-10-20)18-26(31-2)21-6-4-3-5-7-21;1-18-5-10-23(22(26)16-18)29-15-14-28(13-11-21-4-2-3-12-27-21)17-24(29)19-6-8-20(25)9-7-19/h2*3-13,16,25-26H,14-15,17-18H2,1-2H3;2-10,12,16,24H,11,13-15,17H2,1H3/t25-,26+;25-,26-;24-/m000/s1. The number of nitrogens with zero attached hydrogens (tertiary/aromatic N) is 7. The Hall–Kier alpha value is -6.15. The van der Waals surface area contributed by atoms with Crippen molar-refractivity contribution in [2.24, 2.45) is 0 Å². The van der Waals surface area contributed by atoms with Crippen molar-refractivity contribution in [2.45, 2.75) is 57.5 Å². The Bertz CT molecular complexity index is 3540. The molecular weight excluding hydrogens is 1260 g/mol. The van der Waals surface area contributed by atoms with Gasteiger partial charge in [-0.15, -0.1) is 0 Å². The predicted molar refractivity (Wildman–Crippen MR) is 383 cm³/mol. The van der Waals surface area contributed by atoms with Crippen molar-refractivity contribution >= 4 is 86.7 Å². The summed E-state index contributed by atoms with van der Waals surface area (Å²) in [5, 5.41) is 4.67. The van der Waals surface area contributed by atoms with Gasteiger partial charge >= 0.3 is 0 Å². The van der Waals surface area contributed by atoms with Crippen LogP contribution in [0.1, 0.15) is 80.5 Å². The third kappa shape index (κ3) is 18.4. The number of aryl methyl sites for hydroxylation is 3. The zero-order valence-corrected chi connectivity index (χ0v) is 57.0. The van der Waals surface area contributed by atoms with E-state index in [1.54, 1.807) is 14.2 Å². The van der Waals surface area contributed by atoms with Crippen molar-refractivity contribution in [3.05, 3.63) is 293 Å². The summed E-state index contributed by atoms with van der Waals surface area (Å²) >= 11 is 38.4. The maximum absolute atomic E-state index is 6.67. The number of benzene rings is 8. The summed E-state index contributed by atoms with van der Waals surface area (Å²) in [4.78, 5) is 19.2. The van der Waals surface area contributed by atoms with Crippen molar-refractivity contribution in [3.63, 3.8) is 0 Å². The number of hydrogen-bond donors (Lipinski definition) is 0. The molecule has 12 rings (SSSR count). The molecule has 3 fully saturated rings. The van der Waals surface area contributed by atoms with Crippen LogP contribution >= 0.6 is 69.6 Å². The number of anilines is 3. The average molecular weight is 1340 g/mol. The highest BCUT2D eigenvalue weighted by Crippen LogP contribution is 2.40. The van der Waals surface area contributed by atoms with Gasteiger partial charge in [-0.25, -0.2) is 0 Å². The molecule has 0 unspecified atom stereocenters. The number of ether oxygens (including phenoxy) is 2. The van der Waals surface area contributed by atoms with Gasteiger partial charge in [0, 0.05) is 126 Å². The van der Waals surface area contributed by atoms with Gasteiger partial charge in [0.15, 0.2) is 0 Å². The molecule has 4 heterocycles. The molecule has 15 heteroatoms. The van der Waals surface area contributed by atoms with Crippen molar-refractivity contribution in [2.75, 3.05) is 107 Å². The van der Waals surface area contributed by atoms with Gasteiger partial charge in [0.2, 0.25) is 0 Å². The summed E-state index contributed by atoms with van der Waals surface area (Å²) in [6.07, 6.45) is 2.91. The lowest BCUT2D eigenvalue weighted by Gasteiger charge is -2.44. The van der Waals surface area contributed by atoms with Crippen LogP contribution in [0.15, 0.2) is 212 Å². The minimum atomic E-state index is 0.0431. The van der Waals surface area contributed by atoms with Crippen LogP contribution < -0.4 is 14.7 Å². The Morgan fingerprint density at radius 3 is 1.07 bits per heavy atom. The fourth-order valence-corrected chi connectivity index (χ4v) is 14.0. The predicted octanol–water partition coefficient (Wildman–Crippen LogP) is 18.9. The van der Waals surface area contributed by atoms with Gasteiger partial charge in [0.05, 0.1) is 62.5 Å². The van der Waals surface area contributed by atoms with E-state index in [1.165, 1.54) is 44.5 Å². The van der Waals surface area contributed by atoms with Crippen LogP contribution in [0.5, 0.6) is 0 Å². The van der Waals surface area contributed by atoms with Crippen molar-refractivity contribution in [1.29, 1.82) is 0 Å². The average Bonchev–Trinajstić information content (AvgIpc) is 0.958. The number of rotatable bonds is 17. The minimum Gasteiger partial charge on any atom is -0.375 e. The maximum atomic E-state index is 6.67. The Labute approximate surface area is 569 Å². The number of aromatic nitrogens is 1. The quantitative estimate of drug-likeness (QED) is 0.0887. The molecule has 474 valence electrons. The number of methoxy groups -OCH3 is 2. The van der Waals surface area contributed by atoms with Crippen LogP contribution in [0.4, 0.5) is 17.1 Å². The second-order valence-electron chi connectivity index (χ2n) is 23.8. The largest absolute Gasteiger partial charge is 0.375 e. The minimum absolute atomic E-state index is 0.0431. The van der Waals surface area contributed by atoms with Gasteiger partial charge in [-0.2, -0.15) is 0 Å². The molecule has 3 aliphatic rings. The van der Waals surface area contributed by atoms with E-state index < -0.39 is 0 Å². The highest BCUT2D eigenvalue weighted by Gasteiger charge is 2.34. The molecule has 0 amide bonds. The summed E-state index contributed by atoms with van der Waals surface area (Å²) in [5.74, 6) is 0. The van der Waals surface area contributed by atoms with E-state index in [4.69, 9.17) is 79.1 Å². The summed E-state index contributed by atoms with van der Waals surface area (Å²) in [6.45, 7) is 17.2. The molecule has 5 atom stereocenters. The molecule has 91 heavy (non-hydrogen) atoms. The smallest absolute Gasteiger partial charge is 0.0947 e. The lowest BCUT2D eigenvalue weighted by molar-refractivity contribution is 0.0565. The molecule has 0 bridgehead atoms. The molecule has 0 saturated carbocycles. The summed E-state index contributed by atoms with van der Waals surface area (Å²) in [7, 11) is 3.58. The summed E-state index contributed by atoms with van der Waals surface area (Å²) < 4.78 is 11.7.